The second kappa shape index (κ2) is 7.41. The van der Waals surface area contributed by atoms with Crippen LogP contribution in [0.25, 0.3) is 0 Å². The number of methoxy groups -OCH3 is 1. The number of likely N-dealkylation sites (N-methyl/N-ethyl adjacent to an activating group) is 1. The molecule has 0 saturated carbocycles. The van der Waals surface area contributed by atoms with Gasteiger partial charge in [-0.25, -0.2) is 9.18 Å². The van der Waals surface area contributed by atoms with Crippen LogP contribution in [0, 0.1) is 5.82 Å². The number of urea groups is 1. The molecule has 9 heteroatoms. The summed E-state index contributed by atoms with van der Waals surface area (Å²) in [4.78, 5) is 12.8. The normalized spacial score (nSPS) is 12.9. The molecule has 0 bridgehead atoms. The molecule has 1 unspecified atom stereocenters. The highest BCUT2D eigenvalue weighted by molar-refractivity contribution is 5.89. The van der Waals surface area contributed by atoms with Crippen molar-refractivity contribution in [1.82, 2.24) is 4.90 Å². The number of carbonyl (C=O) groups excluding carboxylic acids is 1. The molecule has 1 aromatic rings. The van der Waals surface area contributed by atoms with Gasteiger partial charge in [0.25, 0.3) is 0 Å². The number of nitrogens with zero attached hydrogens (tertiary/aromatic N) is 1. The van der Waals surface area contributed by atoms with Gasteiger partial charge >= 0.3 is 12.2 Å². The lowest BCUT2D eigenvalue weighted by atomic mass is 10.2. The summed E-state index contributed by atoms with van der Waals surface area (Å²) in [5.41, 5.74) is -1.67. The van der Waals surface area contributed by atoms with Crippen LogP contribution in [0.3, 0.4) is 0 Å². The van der Waals surface area contributed by atoms with Crippen LogP contribution in [0.1, 0.15) is 5.56 Å². The zero-order valence-corrected chi connectivity index (χ0v) is 11.9. The van der Waals surface area contributed by atoms with Crippen LogP contribution in [0.5, 0.6) is 0 Å². The van der Waals surface area contributed by atoms with Gasteiger partial charge in [0.15, 0.2) is 0 Å². The largest absolute Gasteiger partial charge is 0.416 e. The van der Waals surface area contributed by atoms with Gasteiger partial charge in [-0.1, -0.05) is 0 Å². The highest BCUT2D eigenvalue weighted by atomic mass is 19.4. The molecule has 1 atom stereocenters. The number of ether oxygens (including phenoxy) is 1. The highest BCUT2D eigenvalue weighted by Crippen LogP contribution is 2.31. The lowest BCUT2D eigenvalue weighted by Crippen LogP contribution is -2.38. The number of aliphatic hydroxyl groups excluding tert-OH is 1. The number of anilines is 1. The minimum Gasteiger partial charge on any atom is -0.389 e. The van der Waals surface area contributed by atoms with Crippen LogP contribution >= 0.6 is 0 Å². The molecule has 2 N–H and O–H groups in total. The van der Waals surface area contributed by atoms with Gasteiger partial charge in [-0.05, 0) is 18.2 Å². The summed E-state index contributed by atoms with van der Waals surface area (Å²) < 4.78 is 55.9. The minimum atomic E-state index is -4.65. The van der Waals surface area contributed by atoms with Gasteiger partial charge < -0.3 is 20.1 Å². The van der Waals surface area contributed by atoms with Gasteiger partial charge in [0.1, 0.15) is 5.82 Å². The third kappa shape index (κ3) is 5.15. The lowest BCUT2D eigenvalue weighted by Gasteiger charge is -2.21. The first kappa shape index (κ1) is 18.2. The zero-order chi connectivity index (χ0) is 16.9. The van der Waals surface area contributed by atoms with Crippen molar-refractivity contribution in [3.63, 3.8) is 0 Å². The Morgan fingerprint density at radius 1 is 1.45 bits per heavy atom. The Labute approximate surface area is 124 Å². The van der Waals surface area contributed by atoms with Crippen LogP contribution in [0.4, 0.5) is 28.0 Å². The van der Waals surface area contributed by atoms with E-state index in [1.807, 2.05) is 5.32 Å². The Morgan fingerprint density at radius 3 is 2.64 bits per heavy atom. The van der Waals surface area contributed by atoms with Gasteiger partial charge in [0, 0.05) is 14.2 Å². The molecule has 0 aliphatic heterocycles. The van der Waals surface area contributed by atoms with Crippen molar-refractivity contribution in [3.8, 4) is 0 Å². The van der Waals surface area contributed by atoms with Gasteiger partial charge in [0.2, 0.25) is 0 Å². The zero-order valence-electron chi connectivity index (χ0n) is 11.9. The van der Waals surface area contributed by atoms with E-state index in [1.54, 1.807) is 0 Å². The van der Waals surface area contributed by atoms with Crippen LogP contribution in [-0.4, -0.2) is 49.5 Å². The van der Waals surface area contributed by atoms with E-state index in [0.29, 0.717) is 18.2 Å². The van der Waals surface area contributed by atoms with E-state index >= 15 is 0 Å². The SMILES string of the molecule is COCC(O)CN(C)C(=O)Nc1cc(C(F)(F)F)ccc1F. The molecule has 2 amide bonds. The first-order valence-electron chi connectivity index (χ1n) is 6.21. The van der Waals surface area contributed by atoms with Gasteiger partial charge in [-0.3, -0.25) is 0 Å². The molecule has 124 valence electrons. The molecule has 5 nitrogen and oxygen atoms in total. The molecule has 1 aromatic carbocycles. The Bertz CT molecular complexity index is 522. The lowest BCUT2D eigenvalue weighted by molar-refractivity contribution is -0.137. The van der Waals surface area contributed by atoms with Crippen molar-refractivity contribution >= 4 is 11.7 Å². The van der Waals surface area contributed by atoms with Gasteiger partial charge in [-0.2, -0.15) is 13.2 Å². The second-order valence-corrected chi connectivity index (χ2v) is 4.61. The molecule has 0 spiro atoms. The van der Waals surface area contributed by atoms with Crippen LogP contribution < -0.4 is 5.32 Å². The van der Waals surface area contributed by atoms with Crippen molar-refractivity contribution in [2.75, 3.05) is 32.6 Å². The molecular weight excluding hydrogens is 308 g/mol. The Balaban J connectivity index is 2.79. The summed E-state index contributed by atoms with van der Waals surface area (Å²) in [7, 11) is 2.67. The summed E-state index contributed by atoms with van der Waals surface area (Å²) in [6.07, 6.45) is -5.61. The number of alkyl halides is 3. The first-order chi connectivity index (χ1) is 10.1. The van der Waals surface area contributed by atoms with E-state index in [0.717, 1.165) is 4.90 Å². The van der Waals surface area contributed by atoms with E-state index in [9.17, 15) is 27.5 Å². The molecule has 1 rings (SSSR count). The number of benzene rings is 1. The highest BCUT2D eigenvalue weighted by Gasteiger charge is 2.31. The molecule has 0 aliphatic rings. The predicted molar refractivity (Wildman–Crippen MR) is 70.9 cm³/mol. The maximum Gasteiger partial charge on any atom is 0.416 e. The monoisotopic (exact) mass is 324 g/mol. The molecule has 0 aliphatic carbocycles. The van der Waals surface area contributed by atoms with E-state index in [-0.39, 0.29) is 13.2 Å². The second-order valence-electron chi connectivity index (χ2n) is 4.61. The number of nitrogens with one attached hydrogen (secondary N) is 1. The topological polar surface area (TPSA) is 61.8 Å². The van der Waals surface area contributed by atoms with Gasteiger partial charge in [0.05, 0.1) is 30.5 Å². The molecule has 0 heterocycles. The number of hydrogen-bond donors (Lipinski definition) is 2. The summed E-state index contributed by atoms with van der Waals surface area (Å²) in [6, 6.07) is 0.857. The van der Waals surface area contributed by atoms with E-state index in [2.05, 4.69) is 4.74 Å². The third-order valence-electron chi connectivity index (χ3n) is 2.73. The fraction of sp³-hybridized carbons (Fsp3) is 0.462. The Kier molecular flexibility index (Phi) is 6.12. The quantitative estimate of drug-likeness (QED) is 0.817. The number of aliphatic hydroxyl groups is 1. The van der Waals surface area contributed by atoms with Crippen molar-refractivity contribution in [2.24, 2.45) is 0 Å². The van der Waals surface area contributed by atoms with Crippen LogP contribution in [0.2, 0.25) is 0 Å². The third-order valence-corrected chi connectivity index (χ3v) is 2.73. The molecule has 0 fully saturated rings. The molecule has 22 heavy (non-hydrogen) atoms. The standard InChI is InChI=1S/C13H16F4N2O3/c1-19(6-9(20)7-22-2)12(21)18-11-5-8(13(15,16)17)3-4-10(11)14/h3-5,9,20H,6-7H2,1-2H3,(H,18,21). The fourth-order valence-electron chi connectivity index (χ4n) is 1.65. The van der Waals surface area contributed by atoms with Crippen LogP contribution in [0.15, 0.2) is 18.2 Å². The van der Waals surface area contributed by atoms with Crippen molar-refractivity contribution in [2.45, 2.75) is 12.3 Å². The average molecular weight is 324 g/mol. The summed E-state index contributed by atoms with van der Waals surface area (Å²) in [5.74, 6) is -0.993. The maximum atomic E-state index is 13.5. The Morgan fingerprint density at radius 2 is 2.09 bits per heavy atom. The number of carbonyl (C=O) groups is 1. The van der Waals surface area contributed by atoms with E-state index < -0.39 is 35.4 Å². The van der Waals surface area contributed by atoms with Crippen LogP contribution in [-0.2, 0) is 10.9 Å². The van der Waals surface area contributed by atoms with Crippen molar-refractivity contribution in [1.29, 1.82) is 0 Å². The summed E-state index contributed by atoms with van der Waals surface area (Å²) in [6.45, 7) is -0.143. The van der Waals surface area contributed by atoms with E-state index in [1.165, 1.54) is 14.2 Å². The smallest absolute Gasteiger partial charge is 0.389 e. The molecule has 0 aromatic heterocycles. The number of hydrogen-bond acceptors (Lipinski definition) is 3. The Hall–Kier alpha value is -1.87. The molecule has 0 radical (unpaired) electrons. The molecular formula is C13H16F4N2O3. The molecule has 0 saturated heterocycles. The summed E-state index contributed by atoms with van der Waals surface area (Å²) >= 11 is 0. The number of halogens is 4. The van der Waals surface area contributed by atoms with E-state index in [4.69, 9.17) is 0 Å². The number of rotatable bonds is 5. The first-order valence-corrected chi connectivity index (χ1v) is 6.21. The van der Waals surface area contributed by atoms with Crippen molar-refractivity contribution < 1.29 is 32.2 Å². The maximum absolute atomic E-state index is 13.5. The predicted octanol–water partition coefficient (Wildman–Crippen LogP) is 2.32. The fourth-order valence-corrected chi connectivity index (χ4v) is 1.65. The average Bonchev–Trinajstić information content (AvgIpc) is 2.39. The minimum absolute atomic E-state index is 0.0183. The van der Waals surface area contributed by atoms with Gasteiger partial charge in [-0.15, -0.1) is 0 Å². The van der Waals surface area contributed by atoms with Crippen molar-refractivity contribution in [3.05, 3.63) is 29.6 Å². The summed E-state index contributed by atoms with van der Waals surface area (Å²) in [5, 5.41) is 11.5. The number of amides is 2.